The van der Waals surface area contributed by atoms with Crippen LogP contribution in [0.2, 0.25) is 0 Å². The van der Waals surface area contributed by atoms with Crippen molar-refractivity contribution in [3.8, 4) is 0 Å². The highest BCUT2D eigenvalue weighted by Crippen LogP contribution is 2.32. The predicted octanol–water partition coefficient (Wildman–Crippen LogP) is 1.92. The van der Waals surface area contributed by atoms with Crippen molar-refractivity contribution >= 4 is 12.0 Å². The van der Waals surface area contributed by atoms with Crippen molar-refractivity contribution in [3.63, 3.8) is 0 Å². The molecule has 2 aliphatic rings. The first-order valence-corrected chi connectivity index (χ1v) is 9.48. The summed E-state index contributed by atoms with van der Waals surface area (Å²) >= 11 is 0. The summed E-state index contributed by atoms with van der Waals surface area (Å²) in [4.78, 5) is 29.5. The number of amides is 2. The Morgan fingerprint density at radius 2 is 1.93 bits per heavy atom. The molecule has 0 aliphatic carbocycles. The van der Waals surface area contributed by atoms with Crippen molar-refractivity contribution in [2.24, 2.45) is 0 Å². The lowest BCUT2D eigenvalue weighted by molar-refractivity contribution is -0.139. The third-order valence-electron chi connectivity index (χ3n) is 4.86. The highest BCUT2D eigenvalue weighted by atomic mass is 16.5. The van der Waals surface area contributed by atoms with E-state index in [0.29, 0.717) is 31.9 Å². The zero-order chi connectivity index (χ0) is 19.2. The predicted molar refractivity (Wildman–Crippen MR) is 101 cm³/mol. The molecule has 0 radical (unpaired) electrons. The zero-order valence-electron chi connectivity index (χ0n) is 15.9. The summed E-state index contributed by atoms with van der Waals surface area (Å²) in [5.41, 5.74) is 2.09. The molecule has 1 atom stereocenters. The normalized spacial score (nSPS) is 21.2. The Morgan fingerprint density at radius 3 is 2.56 bits per heavy atom. The van der Waals surface area contributed by atoms with Gasteiger partial charge in [-0.2, -0.15) is 0 Å². The van der Waals surface area contributed by atoms with E-state index in [1.807, 2.05) is 37.3 Å². The molecule has 0 bridgehead atoms. The van der Waals surface area contributed by atoms with Crippen LogP contribution in [0.1, 0.15) is 25.5 Å². The summed E-state index contributed by atoms with van der Waals surface area (Å²) in [5.74, 6) is -0.381. The van der Waals surface area contributed by atoms with Crippen LogP contribution >= 0.6 is 0 Å². The molecule has 7 heteroatoms. The van der Waals surface area contributed by atoms with Crippen LogP contribution in [0.4, 0.5) is 4.79 Å². The summed E-state index contributed by atoms with van der Waals surface area (Å²) in [7, 11) is 0. The number of carbonyl (C=O) groups excluding carboxylic acids is 2. The van der Waals surface area contributed by atoms with Crippen LogP contribution in [-0.4, -0.2) is 67.8 Å². The second kappa shape index (κ2) is 9.01. The van der Waals surface area contributed by atoms with Crippen LogP contribution in [0.5, 0.6) is 0 Å². The van der Waals surface area contributed by atoms with Crippen LogP contribution in [0.15, 0.2) is 41.6 Å². The first-order chi connectivity index (χ1) is 13.2. The molecule has 3 rings (SSSR count). The molecule has 1 N–H and O–H groups in total. The van der Waals surface area contributed by atoms with Gasteiger partial charge in [-0.3, -0.25) is 9.80 Å². The van der Waals surface area contributed by atoms with Crippen LogP contribution in [-0.2, 0) is 14.3 Å². The lowest BCUT2D eigenvalue weighted by Crippen LogP contribution is -2.51. The summed E-state index contributed by atoms with van der Waals surface area (Å²) in [5, 5.41) is 2.98. The highest BCUT2D eigenvalue weighted by molar-refractivity contribution is 5.95. The first-order valence-electron chi connectivity index (χ1n) is 9.48. The molecule has 0 unspecified atom stereocenters. The Hall–Kier alpha value is -2.38. The maximum atomic E-state index is 12.9. The van der Waals surface area contributed by atoms with E-state index in [-0.39, 0.29) is 18.6 Å². The van der Waals surface area contributed by atoms with Gasteiger partial charge >= 0.3 is 12.0 Å². The van der Waals surface area contributed by atoms with Gasteiger partial charge in [0.1, 0.15) is 0 Å². The molecule has 0 spiro atoms. The molecule has 1 fully saturated rings. The Morgan fingerprint density at radius 1 is 1.22 bits per heavy atom. The average Bonchev–Trinajstić information content (AvgIpc) is 2.69. The van der Waals surface area contributed by atoms with Crippen LogP contribution in [0, 0.1) is 0 Å². The minimum atomic E-state index is -0.517. The third-order valence-corrected chi connectivity index (χ3v) is 4.86. The van der Waals surface area contributed by atoms with Crippen LogP contribution in [0.25, 0.3) is 0 Å². The average molecular weight is 373 g/mol. The fourth-order valence-corrected chi connectivity index (χ4v) is 3.52. The lowest BCUT2D eigenvalue weighted by atomic mass is 9.94. The number of morpholine rings is 1. The van der Waals surface area contributed by atoms with E-state index in [1.54, 1.807) is 11.8 Å². The molecule has 1 aromatic rings. The van der Waals surface area contributed by atoms with Crippen molar-refractivity contribution in [2.45, 2.75) is 19.9 Å². The van der Waals surface area contributed by atoms with Gasteiger partial charge in [0.15, 0.2) is 0 Å². The van der Waals surface area contributed by atoms with Crippen molar-refractivity contribution in [1.29, 1.82) is 0 Å². The largest absolute Gasteiger partial charge is 0.463 e. The molecular formula is C20H27N3O4. The van der Waals surface area contributed by atoms with E-state index in [2.05, 4.69) is 10.2 Å². The maximum absolute atomic E-state index is 12.9. The van der Waals surface area contributed by atoms with E-state index in [1.165, 1.54) is 0 Å². The number of rotatable bonds is 6. The van der Waals surface area contributed by atoms with Crippen molar-refractivity contribution in [1.82, 2.24) is 15.1 Å². The summed E-state index contributed by atoms with van der Waals surface area (Å²) in [6.07, 6.45) is 0. The summed E-state index contributed by atoms with van der Waals surface area (Å²) in [6.45, 7) is 7.84. The second-order valence-corrected chi connectivity index (χ2v) is 6.51. The van der Waals surface area contributed by atoms with Crippen LogP contribution < -0.4 is 5.32 Å². The Balaban J connectivity index is 2.05. The summed E-state index contributed by atoms with van der Waals surface area (Å²) in [6, 6.07) is 8.83. The molecule has 27 heavy (non-hydrogen) atoms. The molecule has 0 saturated carbocycles. The number of benzene rings is 1. The SMILES string of the molecule is CCOC(=O)C1=C(CN2CCOCC2)N(CC)C(=O)N[C@@H]1c1ccccc1. The number of nitrogens with zero attached hydrogens (tertiary/aromatic N) is 2. The molecule has 2 amide bonds. The molecule has 1 aromatic carbocycles. The topological polar surface area (TPSA) is 71.1 Å². The Bertz CT molecular complexity index is 698. The van der Waals surface area contributed by atoms with Crippen LogP contribution in [0.3, 0.4) is 0 Å². The van der Waals surface area contributed by atoms with Gasteiger partial charge in [0.05, 0.1) is 31.4 Å². The van der Waals surface area contributed by atoms with E-state index < -0.39 is 6.04 Å². The number of likely N-dealkylation sites (N-methyl/N-ethyl adjacent to an activating group) is 1. The lowest BCUT2D eigenvalue weighted by Gasteiger charge is -2.38. The number of urea groups is 1. The van der Waals surface area contributed by atoms with Gasteiger partial charge in [0, 0.05) is 31.9 Å². The van der Waals surface area contributed by atoms with E-state index in [4.69, 9.17) is 9.47 Å². The number of ether oxygens (including phenoxy) is 2. The van der Waals surface area contributed by atoms with E-state index >= 15 is 0 Å². The fourth-order valence-electron chi connectivity index (χ4n) is 3.52. The highest BCUT2D eigenvalue weighted by Gasteiger charge is 2.38. The van der Waals surface area contributed by atoms with Gasteiger partial charge in [0.2, 0.25) is 0 Å². The number of hydrogen-bond acceptors (Lipinski definition) is 5. The molecule has 146 valence electrons. The van der Waals surface area contributed by atoms with Gasteiger partial charge < -0.3 is 14.8 Å². The third kappa shape index (κ3) is 4.31. The minimum Gasteiger partial charge on any atom is -0.463 e. The number of hydrogen-bond donors (Lipinski definition) is 1. The van der Waals surface area contributed by atoms with Gasteiger partial charge in [-0.05, 0) is 19.4 Å². The van der Waals surface area contributed by atoms with E-state index in [9.17, 15) is 9.59 Å². The quantitative estimate of drug-likeness (QED) is 0.772. The van der Waals surface area contributed by atoms with Gasteiger partial charge in [-0.25, -0.2) is 9.59 Å². The monoisotopic (exact) mass is 373 g/mol. The molecule has 1 saturated heterocycles. The molecule has 0 aromatic heterocycles. The molecule has 2 heterocycles. The minimum absolute atomic E-state index is 0.192. The smallest absolute Gasteiger partial charge is 0.338 e. The van der Waals surface area contributed by atoms with Gasteiger partial charge in [0.25, 0.3) is 0 Å². The maximum Gasteiger partial charge on any atom is 0.338 e. The number of carbonyl (C=O) groups is 2. The summed E-state index contributed by atoms with van der Waals surface area (Å²) < 4.78 is 10.8. The van der Waals surface area contributed by atoms with Crippen molar-refractivity contribution in [2.75, 3.05) is 46.0 Å². The van der Waals surface area contributed by atoms with Crippen molar-refractivity contribution < 1.29 is 19.1 Å². The molecule has 7 nitrogen and oxygen atoms in total. The number of nitrogens with one attached hydrogen (secondary N) is 1. The first kappa shape index (κ1) is 19.4. The fraction of sp³-hybridized carbons (Fsp3) is 0.500. The van der Waals surface area contributed by atoms with Crippen molar-refractivity contribution in [3.05, 3.63) is 47.2 Å². The number of esters is 1. The Kier molecular flexibility index (Phi) is 6.47. The van der Waals surface area contributed by atoms with E-state index in [0.717, 1.165) is 24.4 Å². The second-order valence-electron chi connectivity index (χ2n) is 6.51. The zero-order valence-corrected chi connectivity index (χ0v) is 15.9. The standard InChI is InChI=1S/C20H27N3O4/c1-3-23-16(14-22-10-12-26-13-11-22)17(19(24)27-4-2)18(21-20(23)25)15-8-6-5-7-9-15/h5-9,18H,3-4,10-14H2,1-2H3,(H,21,25)/t18-/m1/s1. The Labute approximate surface area is 159 Å². The van der Waals surface area contributed by atoms with Gasteiger partial charge in [-0.15, -0.1) is 0 Å². The molecule has 2 aliphatic heterocycles. The molecular weight excluding hydrogens is 346 g/mol. The van der Waals surface area contributed by atoms with Gasteiger partial charge in [-0.1, -0.05) is 30.3 Å².